The van der Waals surface area contributed by atoms with Gasteiger partial charge in [-0.15, -0.1) is 0 Å². The number of para-hydroxylation sites is 1. The molecule has 1 N–H and O–H groups in total. The fraction of sp³-hybridized carbons (Fsp3) is 0.133. The third-order valence-corrected chi connectivity index (χ3v) is 2.82. The van der Waals surface area contributed by atoms with Crippen LogP contribution < -0.4 is 5.32 Å². The van der Waals surface area contributed by atoms with Crippen molar-refractivity contribution in [2.24, 2.45) is 0 Å². The Bertz CT molecular complexity index is 585. The normalized spacial score (nSPS) is 11.6. The second-order valence-corrected chi connectivity index (χ2v) is 4.31. The number of benzene rings is 2. The van der Waals surface area contributed by atoms with Crippen molar-refractivity contribution >= 4 is 11.5 Å². The number of rotatable bonds is 6. The van der Waals surface area contributed by atoms with Crippen LogP contribution in [0.4, 0.5) is 5.69 Å². The highest BCUT2D eigenvalue weighted by Gasteiger charge is 2.24. The molecule has 0 spiro atoms. The highest BCUT2D eigenvalue weighted by molar-refractivity contribution is 6.01. The van der Waals surface area contributed by atoms with E-state index >= 15 is 0 Å². The minimum atomic E-state index is -0.880. The molecule has 0 amide bonds. The van der Waals surface area contributed by atoms with Crippen molar-refractivity contribution < 1.29 is 9.72 Å². The Balaban J connectivity index is 2.19. The zero-order chi connectivity index (χ0) is 14.4. The fourth-order valence-electron chi connectivity index (χ4n) is 1.88. The molecule has 0 saturated carbocycles. The van der Waals surface area contributed by atoms with E-state index in [1.807, 2.05) is 6.07 Å². The SMILES string of the molecule is O=C(c1ccccc1)C(C[N+](=O)[O-])Nc1ccccc1. The smallest absolute Gasteiger partial charge is 0.231 e. The number of hydrogen-bond donors (Lipinski definition) is 1. The van der Waals surface area contributed by atoms with E-state index in [1.165, 1.54) is 0 Å². The summed E-state index contributed by atoms with van der Waals surface area (Å²) in [6, 6.07) is 16.7. The van der Waals surface area contributed by atoms with Crippen LogP contribution >= 0.6 is 0 Å². The molecular formula is C15H14N2O3. The van der Waals surface area contributed by atoms with Crippen LogP contribution in [0.3, 0.4) is 0 Å². The summed E-state index contributed by atoms with van der Waals surface area (Å²) in [5.74, 6) is -0.286. The van der Waals surface area contributed by atoms with Crippen LogP contribution in [0.5, 0.6) is 0 Å². The van der Waals surface area contributed by atoms with E-state index < -0.39 is 17.5 Å². The largest absolute Gasteiger partial charge is 0.370 e. The molecule has 2 rings (SSSR count). The van der Waals surface area contributed by atoms with Gasteiger partial charge in [0.1, 0.15) is 0 Å². The molecule has 0 aromatic heterocycles. The maximum Gasteiger partial charge on any atom is 0.231 e. The predicted molar refractivity (Wildman–Crippen MR) is 76.5 cm³/mol. The monoisotopic (exact) mass is 270 g/mol. The van der Waals surface area contributed by atoms with E-state index in [2.05, 4.69) is 5.32 Å². The maximum absolute atomic E-state index is 12.3. The zero-order valence-electron chi connectivity index (χ0n) is 10.7. The molecule has 0 bridgehead atoms. The van der Waals surface area contributed by atoms with E-state index in [-0.39, 0.29) is 5.78 Å². The van der Waals surface area contributed by atoms with Crippen LogP contribution in [0.15, 0.2) is 60.7 Å². The average Bonchev–Trinajstić information content (AvgIpc) is 2.47. The van der Waals surface area contributed by atoms with Crippen LogP contribution in [0.1, 0.15) is 10.4 Å². The summed E-state index contributed by atoms with van der Waals surface area (Å²) < 4.78 is 0. The van der Waals surface area contributed by atoms with Gasteiger partial charge in [-0.2, -0.15) is 0 Å². The molecule has 1 atom stereocenters. The molecule has 0 aliphatic heterocycles. The quantitative estimate of drug-likeness (QED) is 0.497. The summed E-state index contributed by atoms with van der Waals surface area (Å²) in [5, 5.41) is 13.7. The Morgan fingerprint density at radius 1 is 1.05 bits per heavy atom. The van der Waals surface area contributed by atoms with Crippen molar-refractivity contribution in [3.05, 3.63) is 76.3 Å². The molecule has 5 nitrogen and oxygen atoms in total. The van der Waals surface area contributed by atoms with Gasteiger partial charge in [0.15, 0.2) is 11.8 Å². The van der Waals surface area contributed by atoms with E-state index in [1.54, 1.807) is 54.6 Å². The summed E-state index contributed by atoms with van der Waals surface area (Å²) in [7, 11) is 0. The van der Waals surface area contributed by atoms with Gasteiger partial charge in [0, 0.05) is 16.2 Å². The van der Waals surface area contributed by atoms with Gasteiger partial charge in [-0.1, -0.05) is 48.5 Å². The lowest BCUT2D eigenvalue weighted by Crippen LogP contribution is -2.36. The molecule has 0 aliphatic rings. The first-order valence-corrected chi connectivity index (χ1v) is 6.19. The van der Waals surface area contributed by atoms with E-state index in [4.69, 9.17) is 0 Å². The van der Waals surface area contributed by atoms with Crippen LogP contribution in [0.25, 0.3) is 0 Å². The molecule has 5 heteroatoms. The topological polar surface area (TPSA) is 72.2 Å². The molecule has 2 aromatic rings. The summed E-state index contributed by atoms with van der Waals surface area (Å²) in [5.41, 5.74) is 1.14. The van der Waals surface area contributed by atoms with Gasteiger partial charge < -0.3 is 5.32 Å². The van der Waals surface area contributed by atoms with Crippen LogP contribution in [0.2, 0.25) is 0 Å². The lowest BCUT2D eigenvalue weighted by atomic mass is 10.0. The summed E-state index contributed by atoms with van der Waals surface area (Å²) in [6.45, 7) is -0.456. The summed E-state index contributed by atoms with van der Waals surface area (Å²) in [6.07, 6.45) is 0. The number of ketones is 1. The Hall–Kier alpha value is -2.69. The highest BCUT2D eigenvalue weighted by atomic mass is 16.6. The molecule has 0 radical (unpaired) electrons. The second-order valence-electron chi connectivity index (χ2n) is 4.31. The molecule has 0 aliphatic carbocycles. The Kier molecular flexibility index (Phi) is 4.44. The van der Waals surface area contributed by atoms with Crippen molar-refractivity contribution in [2.75, 3.05) is 11.9 Å². The number of nitrogens with one attached hydrogen (secondary N) is 1. The lowest BCUT2D eigenvalue weighted by Gasteiger charge is -2.15. The van der Waals surface area contributed by atoms with Crippen molar-refractivity contribution in [3.63, 3.8) is 0 Å². The van der Waals surface area contributed by atoms with Crippen LogP contribution in [0, 0.1) is 10.1 Å². The number of nitro groups is 1. The van der Waals surface area contributed by atoms with Gasteiger partial charge in [-0.05, 0) is 12.1 Å². The minimum Gasteiger partial charge on any atom is -0.370 e. The van der Waals surface area contributed by atoms with Gasteiger partial charge in [0.25, 0.3) is 0 Å². The first-order chi connectivity index (χ1) is 9.66. The van der Waals surface area contributed by atoms with Crippen LogP contribution in [-0.4, -0.2) is 23.3 Å². The number of nitrogens with zero attached hydrogens (tertiary/aromatic N) is 1. The van der Waals surface area contributed by atoms with Crippen molar-refractivity contribution in [3.8, 4) is 0 Å². The van der Waals surface area contributed by atoms with Crippen LogP contribution in [-0.2, 0) is 0 Å². The highest BCUT2D eigenvalue weighted by Crippen LogP contribution is 2.11. The van der Waals surface area contributed by atoms with Gasteiger partial charge in [0.05, 0.1) is 0 Å². The maximum atomic E-state index is 12.3. The van der Waals surface area contributed by atoms with Crippen molar-refractivity contribution in [1.29, 1.82) is 0 Å². The molecule has 0 heterocycles. The lowest BCUT2D eigenvalue weighted by molar-refractivity contribution is -0.479. The third kappa shape index (κ3) is 3.65. The Morgan fingerprint density at radius 3 is 2.15 bits per heavy atom. The molecule has 0 fully saturated rings. The van der Waals surface area contributed by atoms with Gasteiger partial charge in [-0.25, -0.2) is 0 Å². The molecule has 0 saturated heterocycles. The first kappa shape index (κ1) is 13.7. The number of Topliss-reactive ketones (excluding diaryl/α,β-unsaturated/α-hetero) is 1. The van der Waals surface area contributed by atoms with Crippen molar-refractivity contribution in [1.82, 2.24) is 0 Å². The zero-order valence-corrected chi connectivity index (χ0v) is 10.7. The Labute approximate surface area is 116 Å². The minimum absolute atomic E-state index is 0.286. The third-order valence-electron chi connectivity index (χ3n) is 2.82. The standard InChI is InChI=1S/C15H14N2O3/c18-15(12-7-3-1-4-8-12)14(11-17(19)20)16-13-9-5-2-6-10-13/h1-10,14,16H,11H2. The molecular weight excluding hydrogens is 256 g/mol. The van der Waals surface area contributed by atoms with E-state index in [0.29, 0.717) is 11.3 Å². The van der Waals surface area contributed by atoms with E-state index in [9.17, 15) is 14.9 Å². The number of anilines is 1. The molecule has 2 aromatic carbocycles. The number of hydrogen-bond acceptors (Lipinski definition) is 4. The molecule has 1 unspecified atom stereocenters. The number of carbonyl (C=O) groups excluding carboxylic acids is 1. The van der Waals surface area contributed by atoms with E-state index in [0.717, 1.165) is 0 Å². The Morgan fingerprint density at radius 2 is 1.60 bits per heavy atom. The fourth-order valence-corrected chi connectivity index (χ4v) is 1.88. The van der Waals surface area contributed by atoms with Gasteiger partial charge in [-0.3, -0.25) is 14.9 Å². The first-order valence-electron chi connectivity index (χ1n) is 6.19. The predicted octanol–water partition coefficient (Wildman–Crippen LogP) is 2.63. The summed E-state index contributed by atoms with van der Waals surface area (Å²) in [4.78, 5) is 22.6. The second kappa shape index (κ2) is 6.47. The van der Waals surface area contributed by atoms with Gasteiger partial charge >= 0.3 is 0 Å². The number of carbonyl (C=O) groups is 1. The molecule has 102 valence electrons. The summed E-state index contributed by atoms with van der Waals surface area (Å²) >= 11 is 0. The van der Waals surface area contributed by atoms with Gasteiger partial charge in [0.2, 0.25) is 6.54 Å². The average molecular weight is 270 g/mol. The van der Waals surface area contributed by atoms with Crippen molar-refractivity contribution in [2.45, 2.75) is 6.04 Å². The molecule has 20 heavy (non-hydrogen) atoms.